The highest BCUT2D eigenvalue weighted by molar-refractivity contribution is 9.24. The highest BCUT2D eigenvalue weighted by Gasteiger charge is 2.11. The number of aromatic nitrogens is 2. The number of rotatable bonds is 2. The summed E-state index contributed by atoms with van der Waals surface area (Å²) in [6.07, 6.45) is 1.21. The molecule has 0 N–H and O–H groups in total. The molecule has 0 aliphatic rings. The lowest BCUT2D eigenvalue weighted by Crippen LogP contribution is -1.90. The van der Waals surface area contributed by atoms with Gasteiger partial charge in [-0.05, 0) is 6.07 Å². The molecule has 3 nitrogen and oxygen atoms in total. The summed E-state index contributed by atoms with van der Waals surface area (Å²) >= 11 is 6.47. The van der Waals surface area contributed by atoms with Crippen LogP contribution in [0.15, 0.2) is 29.1 Å². The van der Waals surface area contributed by atoms with Gasteiger partial charge in [-0.25, -0.2) is 4.39 Å². The predicted octanol–water partition coefficient (Wildman–Crippen LogP) is 3.66. The Bertz CT molecular complexity index is 459. The van der Waals surface area contributed by atoms with E-state index in [2.05, 4.69) is 46.5 Å². The highest BCUT2D eigenvalue weighted by Crippen LogP contribution is 2.32. The number of hydrogen-bond acceptors (Lipinski definition) is 3. The van der Waals surface area contributed by atoms with Crippen LogP contribution >= 0.6 is 31.9 Å². The van der Waals surface area contributed by atoms with Crippen LogP contribution in [0.25, 0.3) is 11.4 Å². The normalized spacial score (nSPS) is 10.9. The lowest BCUT2D eigenvalue weighted by Gasteiger charge is -2.04. The zero-order chi connectivity index (χ0) is 10.8. The molecule has 1 aromatic carbocycles. The van der Waals surface area contributed by atoms with Crippen LogP contribution in [0.3, 0.4) is 0 Å². The van der Waals surface area contributed by atoms with Crippen molar-refractivity contribution in [1.82, 2.24) is 10.1 Å². The molecule has 0 fully saturated rings. The van der Waals surface area contributed by atoms with Crippen molar-refractivity contribution < 1.29 is 8.91 Å². The molecule has 0 atom stereocenters. The van der Waals surface area contributed by atoms with Crippen molar-refractivity contribution in [1.29, 1.82) is 0 Å². The second-order valence-corrected chi connectivity index (χ2v) is 5.85. The Kier molecular flexibility index (Phi) is 3.16. The summed E-state index contributed by atoms with van der Waals surface area (Å²) in [5.41, 5.74) is 1.12. The van der Waals surface area contributed by atoms with Crippen LogP contribution in [-0.4, -0.2) is 10.1 Å². The molecular formula is C9H5Br2FN2O. The molecule has 1 heterocycles. The van der Waals surface area contributed by atoms with Gasteiger partial charge in [0.2, 0.25) is 12.2 Å². The van der Waals surface area contributed by atoms with Gasteiger partial charge in [0.1, 0.15) is 5.82 Å². The van der Waals surface area contributed by atoms with Gasteiger partial charge in [0.05, 0.1) is 3.74 Å². The fourth-order valence-corrected chi connectivity index (χ4v) is 1.88. The standard InChI is InChI=1S/C9H5Br2FN2O/c10-8(11)6-2-1-5(3-7(6)12)9-13-4-15-14-9/h1-4,8H. The van der Waals surface area contributed by atoms with E-state index in [0.29, 0.717) is 17.0 Å². The molecule has 0 aliphatic heterocycles. The minimum Gasteiger partial charge on any atom is -0.342 e. The third kappa shape index (κ3) is 2.26. The smallest absolute Gasteiger partial charge is 0.214 e. The maximum atomic E-state index is 13.5. The van der Waals surface area contributed by atoms with E-state index in [1.165, 1.54) is 12.5 Å². The average Bonchev–Trinajstić information content (AvgIpc) is 2.69. The second kappa shape index (κ2) is 4.40. The molecule has 1 aromatic heterocycles. The van der Waals surface area contributed by atoms with Gasteiger partial charge < -0.3 is 4.52 Å². The van der Waals surface area contributed by atoms with Gasteiger partial charge in [-0.1, -0.05) is 49.1 Å². The van der Waals surface area contributed by atoms with Gasteiger partial charge in [0.25, 0.3) is 0 Å². The molecule has 0 amide bonds. The minimum atomic E-state index is -0.323. The van der Waals surface area contributed by atoms with Gasteiger partial charge in [-0.2, -0.15) is 4.98 Å². The van der Waals surface area contributed by atoms with Crippen LogP contribution in [0.2, 0.25) is 0 Å². The number of halogens is 3. The van der Waals surface area contributed by atoms with E-state index < -0.39 is 0 Å². The van der Waals surface area contributed by atoms with Crippen LogP contribution in [0.5, 0.6) is 0 Å². The van der Waals surface area contributed by atoms with Crippen LogP contribution in [0.4, 0.5) is 4.39 Å². The average molecular weight is 336 g/mol. The molecule has 2 rings (SSSR count). The van der Waals surface area contributed by atoms with Crippen molar-refractivity contribution in [2.45, 2.75) is 3.74 Å². The van der Waals surface area contributed by atoms with E-state index in [4.69, 9.17) is 0 Å². The summed E-state index contributed by atoms with van der Waals surface area (Å²) in [5, 5.41) is 3.63. The summed E-state index contributed by atoms with van der Waals surface area (Å²) in [6.45, 7) is 0. The molecule has 78 valence electrons. The predicted molar refractivity (Wildman–Crippen MR) is 60.3 cm³/mol. The largest absolute Gasteiger partial charge is 0.342 e. The molecule has 2 aromatic rings. The minimum absolute atomic E-state index is 0.204. The monoisotopic (exact) mass is 334 g/mol. The van der Waals surface area contributed by atoms with Crippen molar-refractivity contribution in [3.05, 3.63) is 36.0 Å². The molecular weight excluding hydrogens is 331 g/mol. The fourth-order valence-electron chi connectivity index (χ4n) is 1.14. The zero-order valence-electron chi connectivity index (χ0n) is 7.32. The quantitative estimate of drug-likeness (QED) is 0.786. The summed E-state index contributed by atoms with van der Waals surface area (Å²) in [6, 6.07) is 4.77. The number of hydrogen-bond donors (Lipinski definition) is 0. The van der Waals surface area contributed by atoms with Gasteiger partial charge in [0.15, 0.2) is 0 Å². The van der Waals surface area contributed by atoms with Crippen molar-refractivity contribution in [2.24, 2.45) is 0 Å². The summed E-state index contributed by atoms with van der Waals surface area (Å²) < 4.78 is 17.9. The number of benzene rings is 1. The first-order valence-corrected chi connectivity index (χ1v) is 5.86. The van der Waals surface area contributed by atoms with Crippen LogP contribution in [-0.2, 0) is 0 Å². The Labute approximate surface area is 102 Å². The Morgan fingerprint density at radius 3 is 2.67 bits per heavy atom. The van der Waals surface area contributed by atoms with Crippen LogP contribution in [0.1, 0.15) is 9.30 Å². The molecule has 0 radical (unpaired) electrons. The summed E-state index contributed by atoms with van der Waals surface area (Å²) in [4.78, 5) is 3.83. The van der Waals surface area contributed by atoms with Crippen molar-refractivity contribution in [3.8, 4) is 11.4 Å². The van der Waals surface area contributed by atoms with Gasteiger partial charge in [0, 0.05) is 11.1 Å². The van der Waals surface area contributed by atoms with Crippen LogP contribution in [0, 0.1) is 5.82 Å². The first kappa shape index (κ1) is 10.8. The summed E-state index contributed by atoms with van der Waals surface area (Å²) in [5.74, 6) is 0.0530. The molecule has 0 saturated heterocycles. The first-order valence-electron chi connectivity index (χ1n) is 4.03. The van der Waals surface area contributed by atoms with E-state index in [0.717, 1.165) is 0 Å². The van der Waals surface area contributed by atoms with Crippen molar-refractivity contribution in [2.75, 3.05) is 0 Å². The van der Waals surface area contributed by atoms with Gasteiger partial charge in [-0.3, -0.25) is 0 Å². The lowest BCUT2D eigenvalue weighted by molar-refractivity contribution is 0.418. The number of alkyl halides is 2. The summed E-state index contributed by atoms with van der Waals surface area (Å²) in [7, 11) is 0. The highest BCUT2D eigenvalue weighted by atomic mass is 79.9. The van der Waals surface area contributed by atoms with Crippen molar-refractivity contribution in [3.63, 3.8) is 0 Å². The maximum Gasteiger partial charge on any atom is 0.214 e. The Morgan fingerprint density at radius 2 is 2.13 bits per heavy atom. The zero-order valence-corrected chi connectivity index (χ0v) is 10.5. The Balaban J connectivity index is 2.42. The van der Waals surface area contributed by atoms with E-state index in [-0.39, 0.29) is 9.55 Å². The molecule has 0 spiro atoms. The second-order valence-electron chi connectivity index (χ2n) is 2.79. The van der Waals surface area contributed by atoms with Crippen molar-refractivity contribution >= 4 is 31.9 Å². The SMILES string of the molecule is Fc1cc(-c2ncon2)ccc1C(Br)Br. The fraction of sp³-hybridized carbons (Fsp3) is 0.111. The van der Waals surface area contributed by atoms with Gasteiger partial charge >= 0.3 is 0 Å². The third-order valence-electron chi connectivity index (χ3n) is 1.86. The Hall–Kier alpha value is -0.750. The third-order valence-corrected chi connectivity index (χ3v) is 2.84. The molecule has 0 bridgehead atoms. The molecule has 0 saturated carbocycles. The maximum absolute atomic E-state index is 13.5. The van der Waals surface area contributed by atoms with E-state index >= 15 is 0 Å². The van der Waals surface area contributed by atoms with E-state index in [9.17, 15) is 4.39 Å². The topological polar surface area (TPSA) is 38.9 Å². The Morgan fingerprint density at radius 1 is 1.33 bits per heavy atom. The number of nitrogens with zero attached hydrogens (tertiary/aromatic N) is 2. The van der Waals surface area contributed by atoms with E-state index in [1.807, 2.05) is 0 Å². The lowest BCUT2D eigenvalue weighted by atomic mass is 10.1. The molecule has 6 heteroatoms. The van der Waals surface area contributed by atoms with E-state index in [1.54, 1.807) is 12.1 Å². The molecule has 0 aliphatic carbocycles. The molecule has 0 unspecified atom stereocenters. The first-order chi connectivity index (χ1) is 7.18. The molecule has 15 heavy (non-hydrogen) atoms. The van der Waals surface area contributed by atoms with Crippen LogP contribution < -0.4 is 0 Å². The van der Waals surface area contributed by atoms with Gasteiger partial charge in [-0.15, -0.1) is 0 Å².